The van der Waals surface area contributed by atoms with Crippen LogP contribution in [0.3, 0.4) is 0 Å². The third kappa shape index (κ3) is 4.46. The number of rotatable bonds is 7. The molecule has 0 spiro atoms. The highest BCUT2D eigenvalue weighted by Crippen LogP contribution is 2.33. The van der Waals surface area contributed by atoms with E-state index in [-0.39, 0.29) is 5.91 Å². The average Bonchev–Trinajstić information content (AvgIpc) is 3.42. The van der Waals surface area contributed by atoms with Gasteiger partial charge in [0.25, 0.3) is 5.91 Å². The Bertz CT molecular complexity index is 784. The van der Waals surface area contributed by atoms with Gasteiger partial charge in [-0.15, -0.1) is 21.5 Å². The minimum absolute atomic E-state index is 0.0835. The SMILES string of the molecule is CSc1nnc(CCCNC(=O)c2cc3c(s2)CCCCC3)n1C1CCCC1. The van der Waals surface area contributed by atoms with E-state index in [9.17, 15) is 4.79 Å². The molecule has 0 saturated heterocycles. The number of hydrogen-bond donors (Lipinski definition) is 1. The van der Waals surface area contributed by atoms with E-state index in [1.807, 2.05) is 0 Å². The van der Waals surface area contributed by atoms with Crippen LogP contribution in [0.2, 0.25) is 0 Å². The monoisotopic (exact) mass is 418 g/mol. The maximum atomic E-state index is 12.5. The Labute approximate surface area is 175 Å². The molecule has 0 aliphatic heterocycles. The molecule has 0 unspecified atom stereocenters. The van der Waals surface area contributed by atoms with Gasteiger partial charge in [-0.2, -0.15) is 0 Å². The molecule has 2 heterocycles. The molecular formula is C21H30N4OS2. The van der Waals surface area contributed by atoms with Crippen LogP contribution >= 0.6 is 23.1 Å². The van der Waals surface area contributed by atoms with Crippen molar-refractivity contribution in [2.45, 2.75) is 81.8 Å². The Kier molecular flexibility index (Phi) is 6.73. The second kappa shape index (κ2) is 9.44. The van der Waals surface area contributed by atoms with Crippen LogP contribution in [0, 0.1) is 0 Å². The molecule has 28 heavy (non-hydrogen) atoms. The normalized spacial score (nSPS) is 17.5. The second-order valence-corrected chi connectivity index (χ2v) is 9.80. The Hall–Kier alpha value is -1.34. The van der Waals surface area contributed by atoms with Gasteiger partial charge in [0.05, 0.1) is 4.88 Å². The lowest BCUT2D eigenvalue weighted by molar-refractivity contribution is 0.0957. The quantitative estimate of drug-likeness (QED) is 0.398. The molecule has 1 amide bonds. The van der Waals surface area contributed by atoms with Crippen molar-refractivity contribution < 1.29 is 4.79 Å². The maximum absolute atomic E-state index is 12.5. The summed E-state index contributed by atoms with van der Waals surface area (Å²) in [7, 11) is 0. The first kappa shape index (κ1) is 20.0. The molecule has 1 N–H and O–H groups in total. The van der Waals surface area contributed by atoms with Crippen LogP contribution in [0.5, 0.6) is 0 Å². The van der Waals surface area contributed by atoms with Crippen molar-refractivity contribution in [3.63, 3.8) is 0 Å². The van der Waals surface area contributed by atoms with Gasteiger partial charge in [-0.25, -0.2) is 0 Å². The summed E-state index contributed by atoms with van der Waals surface area (Å²) in [6.45, 7) is 0.688. The summed E-state index contributed by atoms with van der Waals surface area (Å²) in [6, 6.07) is 2.69. The Morgan fingerprint density at radius 1 is 1.21 bits per heavy atom. The van der Waals surface area contributed by atoms with E-state index in [0.29, 0.717) is 12.6 Å². The van der Waals surface area contributed by atoms with E-state index >= 15 is 0 Å². The molecule has 0 atom stereocenters. The molecule has 2 aromatic rings. The highest BCUT2D eigenvalue weighted by Gasteiger charge is 2.23. The standard InChI is InChI=1S/C21H30N4OS2/c1-27-21-24-23-19(25(21)16-9-5-6-10-16)12-7-13-22-20(26)18-14-15-8-3-2-4-11-17(15)28-18/h14,16H,2-13H2,1H3,(H,22,26). The second-order valence-electron chi connectivity index (χ2n) is 7.89. The number of aryl methyl sites for hydroxylation is 3. The Morgan fingerprint density at radius 2 is 2.04 bits per heavy atom. The van der Waals surface area contributed by atoms with Gasteiger partial charge in [-0.1, -0.05) is 31.0 Å². The first-order valence-corrected chi connectivity index (χ1v) is 12.7. The van der Waals surface area contributed by atoms with E-state index in [1.54, 1.807) is 23.1 Å². The van der Waals surface area contributed by atoms with Gasteiger partial charge in [0.1, 0.15) is 5.82 Å². The highest BCUT2D eigenvalue weighted by molar-refractivity contribution is 7.98. The van der Waals surface area contributed by atoms with Crippen LogP contribution in [0.4, 0.5) is 0 Å². The topological polar surface area (TPSA) is 59.8 Å². The van der Waals surface area contributed by atoms with Gasteiger partial charge in [0.15, 0.2) is 5.16 Å². The molecule has 0 radical (unpaired) electrons. The lowest BCUT2D eigenvalue weighted by atomic mass is 10.1. The lowest BCUT2D eigenvalue weighted by Crippen LogP contribution is -2.24. The van der Waals surface area contributed by atoms with E-state index in [2.05, 4.69) is 32.4 Å². The lowest BCUT2D eigenvalue weighted by Gasteiger charge is -2.16. The van der Waals surface area contributed by atoms with Gasteiger partial charge in [0.2, 0.25) is 0 Å². The summed E-state index contributed by atoms with van der Waals surface area (Å²) in [5, 5.41) is 13.0. The molecule has 2 aliphatic rings. The number of carbonyl (C=O) groups excluding carboxylic acids is 1. The van der Waals surface area contributed by atoms with Crippen LogP contribution in [0.15, 0.2) is 11.2 Å². The van der Waals surface area contributed by atoms with Crippen molar-refractivity contribution >= 4 is 29.0 Å². The largest absolute Gasteiger partial charge is 0.351 e. The minimum atomic E-state index is 0.0835. The number of aromatic nitrogens is 3. The zero-order chi connectivity index (χ0) is 19.3. The number of thiophene rings is 1. The van der Waals surface area contributed by atoms with Gasteiger partial charge in [-0.3, -0.25) is 4.79 Å². The van der Waals surface area contributed by atoms with Crippen molar-refractivity contribution in [1.82, 2.24) is 20.1 Å². The van der Waals surface area contributed by atoms with Crippen molar-refractivity contribution in [3.8, 4) is 0 Å². The zero-order valence-electron chi connectivity index (χ0n) is 16.7. The van der Waals surface area contributed by atoms with Crippen molar-refractivity contribution in [3.05, 3.63) is 27.2 Å². The predicted molar refractivity (Wildman–Crippen MR) is 116 cm³/mol. The summed E-state index contributed by atoms with van der Waals surface area (Å²) < 4.78 is 2.36. The third-order valence-electron chi connectivity index (χ3n) is 5.94. The van der Waals surface area contributed by atoms with Crippen molar-refractivity contribution in [1.29, 1.82) is 0 Å². The number of thioether (sulfide) groups is 1. The first-order valence-electron chi connectivity index (χ1n) is 10.6. The van der Waals surface area contributed by atoms with Gasteiger partial charge in [0, 0.05) is 23.9 Å². The molecule has 0 aromatic carbocycles. The number of hydrogen-bond acceptors (Lipinski definition) is 5. The molecule has 152 valence electrons. The van der Waals surface area contributed by atoms with Gasteiger partial charge < -0.3 is 9.88 Å². The van der Waals surface area contributed by atoms with Crippen molar-refractivity contribution in [2.75, 3.05) is 12.8 Å². The molecule has 7 heteroatoms. The summed E-state index contributed by atoms with van der Waals surface area (Å²) in [6.07, 6.45) is 15.0. The molecule has 2 aromatic heterocycles. The van der Waals surface area contributed by atoms with Gasteiger partial charge >= 0.3 is 0 Å². The first-order chi connectivity index (χ1) is 13.8. The third-order valence-corrected chi connectivity index (χ3v) is 7.82. The number of amides is 1. The molecule has 0 bridgehead atoms. The summed E-state index contributed by atoms with van der Waals surface area (Å²) in [4.78, 5) is 14.9. The fourth-order valence-corrected chi connectivity index (χ4v) is 6.20. The Morgan fingerprint density at radius 3 is 2.86 bits per heavy atom. The van der Waals surface area contributed by atoms with E-state index in [4.69, 9.17) is 0 Å². The average molecular weight is 419 g/mol. The summed E-state index contributed by atoms with van der Waals surface area (Å²) in [5.41, 5.74) is 1.40. The van der Waals surface area contributed by atoms with Crippen LogP contribution in [-0.4, -0.2) is 33.5 Å². The summed E-state index contributed by atoms with van der Waals surface area (Å²) in [5.74, 6) is 1.16. The molecule has 5 nitrogen and oxygen atoms in total. The molecule has 4 rings (SSSR count). The van der Waals surface area contributed by atoms with E-state index in [0.717, 1.165) is 41.5 Å². The number of fused-ring (bicyclic) bond motifs is 1. The number of carbonyl (C=O) groups is 1. The van der Waals surface area contributed by atoms with Crippen molar-refractivity contribution in [2.24, 2.45) is 0 Å². The van der Waals surface area contributed by atoms with Crippen LogP contribution < -0.4 is 5.32 Å². The molecular weight excluding hydrogens is 388 g/mol. The van der Waals surface area contributed by atoms with E-state index in [1.165, 1.54) is 55.4 Å². The summed E-state index contributed by atoms with van der Waals surface area (Å²) >= 11 is 3.38. The van der Waals surface area contributed by atoms with Crippen LogP contribution in [0.1, 0.15) is 83.3 Å². The zero-order valence-corrected chi connectivity index (χ0v) is 18.3. The van der Waals surface area contributed by atoms with Gasteiger partial charge in [-0.05, 0) is 62.8 Å². The minimum Gasteiger partial charge on any atom is -0.351 e. The molecule has 1 fully saturated rings. The number of nitrogens with zero attached hydrogens (tertiary/aromatic N) is 3. The fourth-order valence-electron chi connectivity index (χ4n) is 4.46. The van der Waals surface area contributed by atoms with Crippen LogP contribution in [0.25, 0.3) is 0 Å². The van der Waals surface area contributed by atoms with E-state index < -0.39 is 0 Å². The molecule has 2 aliphatic carbocycles. The Balaban J connectivity index is 1.30. The van der Waals surface area contributed by atoms with Crippen LogP contribution in [-0.2, 0) is 19.3 Å². The maximum Gasteiger partial charge on any atom is 0.261 e. The molecule has 1 saturated carbocycles. The fraction of sp³-hybridized carbons (Fsp3) is 0.667. The number of nitrogens with one attached hydrogen (secondary N) is 1. The highest BCUT2D eigenvalue weighted by atomic mass is 32.2. The predicted octanol–water partition coefficient (Wildman–Crippen LogP) is 4.81. The smallest absolute Gasteiger partial charge is 0.261 e.